The van der Waals surface area contributed by atoms with E-state index < -0.39 is 0 Å². The second kappa shape index (κ2) is 5.27. The lowest BCUT2D eigenvalue weighted by molar-refractivity contribution is 0.296. The molecule has 1 N–H and O–H groups in total. The molecule has 0 saturated heterocycles. The van der Waals surface area contributed by atoms with Crippen molar-refractivity contribution in [2.75, 3.05) is 13.6 Å². The normalized spacial score (nSPS) is 18.2. The Balaban J connectivity index is 1.38. The smallest absolute Gasteiger partial charge is 0.140 e. The maximum Gasteiger partial charge on any atom is 0.140 e. The number of aromatic nitrogens is 3. The lowest BCUT2D eigenvalue weighted by Crippen LogP contribution is -2.28. The molecule has 0 spiro atoms. The highest BCUT2D eigenvalue weighted by Crippen LogP contribution is 2.40. The molecule has 2 aromatic heterocycles. The maximum atomic E-state index is 5.40. The molecule has 0 bridgehead atoms. The van der Waals surface area contributed by atoms with Crippen molar-refractivity contribution in [3.8, 4) is 0 Å². The number of hydrogen-bond donors (Lipinski definition) is 1. The molecule has 6 heteroatoms. The summed E-state index contributed by atoms with van der Waals surface area (Å²) in [6.07, 6.45) is 2.50. The first-order chi connectivity index (χ1) is 10.3. The molecule has 0 atom stereocenters. The lowest BCUT2D eigenvalue weighted by Gasteiger charge is -2.14. The average molecular weight is 287 g/mol. The summed E-state index contributed by atoms with van der Waals surface area (Å²) in [5, 5.41) is 12.2. The first-order valence-corrected chi connectivity index (χ1v) is 7.68. The maximum absolute atomic E-state index is 5.40. The molecule has 0 amide bonds. The predicted octanol–water partition coefficient (Wildman–Crippen LogP) is 1.48. The fraction of sp³-hybridized carbons (Fsp3) is 0.600. The summed E-state index contributed by atoms with van der Waals surface area (Å²) in [5.74, 6) is 1.69. The van der Waals surface area contributed by atoms with Crippen molar-refractivity contribution >= 4 is 0 Å². The topological polar surface area (TPSA) is 59.1 Å². The van der Waals surface area contributed by atoms with Crippen molar-refractivity contribution in [3.05, 3.63) is 35.0 Å². The van der Waals surface area contributed by atoms with Crippen molar-refractivity contribution in [2.24, 2.45) is 0 Å². The number of hydrogen-bond acceptors (Lipinski definition) is 5. The molecule has 1 saturated carbocycles. The minimum Gasteiger partial charge on any atom is -0.361 e. The second-order valence-electron chi connectivity index (χ2n) is 6.19. The Morgan fingerprint density at radius 3 is 3.00 bits per heavy atom. The highest BCUT2D eigenvalue weighted by Gasteiger charge is 2.27. The Labute approximate surface area is 124 Å². The Kier molecular flexibility index (Phi) is 3.27. The fourth-order valence-corrected chi connectivity index (χ4v) is 2.90. The van der Waals surface area contributed by atoms with Gasteiger partial charge < -0.3 is 9.84 Å². The van der Waals surface area contributed by atoms with E-state index in [4.69, 9.17) is 4.52 Å². The third kappa shape index (κ3) is 2.87. The van der Waals surface area contributed by atoms with Crippen molar-refractivity contribution in [1.82, 2.24) is 25.2 Å². The van der Waals surface area contributed by atoms with Crippen LogP contribution < -0.4 is 5.32 Å². The summed E-state index contributed by atoms with van der Waals surface area (Å²) in [7, 11) is 2.10. The summed E-state index contributed by atoms with van der Waals surface area (Å²) >= 11 is 0. The Hall–Kier alpha value is -1.66. The molecule has 0 radical (unpaired) electrons. The molecule has 6 nitrogen and oxygen atoms in total. The van der Waals surface area contributed by atoms with Gasteiger partial charge in [-0.15, -0.1) is 0 Å². The molecule has 1 aliphatic carbocycles. The van der Waals surface area contributed by atoms with E-state index in [1.165, 1.54) is 18.5 Å². The Morgan fingerprint density at radius 2 is 2.19 bits per heavy atom. The summed E-state index contributed by atoms with van der Waals surface area (Å²) in [4.78, 5) is 2.23. The highest BCUT2D eigenvalue weighted by molar-refractivity contribution is 5.15. The van der Waals surface area contributed by atoms with E-state index in [-0.39, 0.29) is 0 Å². The molecule has 112 valence electrons. The molecule has 0 aromatic carbocycles. The molecule has 2 aromatic rings. The molecule has 0 unspecified atom stereocenters. The van der Waals surface area contributed by atoms with Gasteiger partial charge in [0, 0.05) is 38.2 Å². The van der Waals surface area contributed by atoms with Crippen LogP contribution >= 0.6 is 0 Å². The van der Waals surface area contributed by atoms with Crippen LogP contribution in [0.2, 0.25) is 0 Å². The van der Waals surface area contributed by atoms with Crippen LogP contribution in [-0.2, 0) is 26.2 Å². The van der Waals surface area contributed by atoms with E-state index in [0.717, 1.165) is 49.9 Å². The highest BCUT2D eigenvalue weighted by atomic mass is 16.5. The zero-order valence-corrected chi connectivity index (χ0v) is 12.4. The summed E-state index contributed by atoms with van der Waals surface area (Å²) < 4.78 is 7.51. The monoisotopic (exact) mass is 287 g/mol. The number of rotatable bonds is 5. The summed E-state index contributed by atoms with van der Waals surface area (Å²) in [5.41, 5.74) is 3.43. The van der Waals surface area contributed by atoms with Gasteiger partial charge in [-0.25, -0.2) is 0 Å². The molecule has 3 heterocycles. The van der Waals surface area contributed by atoms with Gasteiger partial charge in [-0.1, -0.05) is 5.16 Å². The SMILES string of the molecule is CN(Cc1cc(C2CC2)on1)Cc1cc2n(n1)CCNC2. The molecular formula is C15H21N5O. The van der Waals surface area contributed by atoms with Gasteiger partial charge in [-0.05, 0) is 26.0 Å². The van der Waals surface area contributed by atoms with Gasteiger partial charge >= 0.3 is 0 Å². The van der Waals surface area contributed by atoms with Crippen LogP contribution in [-0.4, -0.2) is 33.4 Å². The molecular weight excluding hydrogens is 266 g/mol. The van der Waals surface area contributed by atoms with E-state index in [0.29, 0.717) is 5.92 Å². The fourth-order valence-electron chi connectivity index (χ4n) is 2.90. The van der Waals surface area contributed by atoms with E-state index in [1.54, 1.807) is 0 Å². The quantitative estimate of drug-likeness (QED) is 0.902. The molecule has 1 fully saturated rings. The van der Waals surface area contributed by atoms with Crippen LogP contribution in [0, 0.1) is 0 Å². The van der Waals surface area contributed by atoms with Crippen LogP contribution in [0.4, 0.5) is 0 Å². The number of nitrogens with one attached hydrogen (secondary N) is 1. The van der Waals surface area contributed by atoms with Crippen LogP contribution in [0.25, 0.3) is 0 Å². The second-order valence-corrected chi connectivity index (χ2v) is 6.19. The number of nitrogens with zero attached hydrogens (tertiary/aromatic N) is 4. The Morgan fingerprint density at radius 1 is 1.33 bits per heavy atom. The average Bonchev–Trinajstić information content (AvgIpc) is 3.08. The van der Waals surface area contributed by atoms with Gasteiger partial charge in [-0.3, -0.25) is 9.58 Å². The summed E-state index contributed by atoms with van der Waals surface area (Å²) in [6.45, 7) is 4.53. The molecule has 21 heavy (non-hydrogen) atoms. The van der Waals surface area contributed by atoms with Gasteiger partial charge in [0.2, 0.25) is 0 Å². The van der Waals surface area contributed by atoms with E-state index in [9.17, 15) is 0 Å². The van der Waals surface area contributed by atoms with E-state index >= 15 is 0 Å². The van der Waals surface area contributed by atoms with Gasteiger partial charge in [0.15, 0.2) is 0 Å². The van der Waals surface area contributed by atoms with Crippen molar-refractivity contribution in [1.29, 1.82) is 0 Å². The van der Waals surface area contributed by atoms with Gasteiger partial charge in [0.1, 0.15) is 5.76 Å². The van der Waals surface area contributed by atoms with E-state index in [2.05, 4.69) is 44.3 Å². The molecule has 1 aliphatic heterocycles. The van der Waals surface area contributed by atoms with Crippen LogP contribution in [0.3, 0.4) is 0 Å². The van der Waals surface area contributed by atoms with Crippen molar-refractivity contribution in [3.63, 3.8) is 0 Å². The minimum absolute atomic E-state index is 0.629. The van der Waals surface area contributed by atoms with Crippen LogP contribution in [0.5, 0.6) is 0 Å². The standard InChI is InChI=1S/C15H21N5O/c1-19(10-13-7-15(21-18-13)11-2-3-11)9-12-6-14-8-16-4-5-20(14)17-12/h6-7,11,16H,2-5,8-10H2,1H3. The predicted molar refractivity (Wildman–Crippen MR) is 77.6 cm³/mol. The minimum atomic E-state index is 0.629. The van der Waals surface area contributed by atoms with Crippen molar-refractivity contribution in [2.45, 2.75) is 44.9 Å². The zero-order chi connectivity index (χ0) is 14.2. The Bertz CT molecular complexity index is 604. The largest absolute Gasteiger partial charge is 0.361 e. The zero-order valence-electron chi connectivity index (χ0n) is 12.4. The number of fused-ring (bicyclic) bond motifs is 1. The van der Waals surface area contributed by atoms with Crippen molar-refractivity contribution < 1.29 is 4.52 Å². The molecule has 2 aliphatic rings. The first-order valence-electron chi connectivity index (χ1n) is 7.68. The molecule has 4 rings (SSSR count). The third-order valence-electron chi connectivity index (χ3n) is 4.14. The lowest BCUT2D eigenvalue weighted by atomic mass is 10.2. The van der Waals surface area contributed by atoms with E-state index in [1.807, 2.05) is 0 Å². The van der Waals surface area contributed by atoms with Crippen LogP contribution in [0.1, 0.15) is 41.6 Å². The van der Waals surface area contributed by atoms with Gasteiger partial charge in [0.05, 0.1) is 23.6 Å². The van der Waals surface area contributed by atoms with Gasteiger partial charge in [-0.2, -0.15) is 5.10 Å². The van der Waals surface area contributed by atoms with Crippen LogP contribution in [0.15, 0.2) is 16.7 Å². The first kappa shape index (κ1) is 13.0. The van der Waals surface area contributed by atoms with Gasteiger partial charge in [0.25, 0.3) is 0 Å². The third-order valence-corrected chi connectivity index (χ3v) is 4.14. The summed E-state index contributed by atoms with van der Waals surface area (Å²) in [6, 6.07) is 4.30.